The van der Waals surface area contributed by atoms with Gasteiger partial charge in [0, 0.05) is 18.7 Å². The van der Waals surface area contributed by atoms with Crippen molar-refractivity contribution in [3.63, 3.8) is 0 Å². The van der Waals surface area contributed by atoms with Crippen LogP contribution in [0.15, 0.2) is 12.1 Å². The Balaban J connectivity index is 2.12. The van der Waals surface area contributed by atoms with Crippen molar-refractivity contribution in [2.45, 2.75) is 50.5 Å². The summed E-state index contributed by atoms with van der Waals surface area (Å²) in [5.74, 6) is -1.32. The smallest absolute Gasteiger partial charge is 0.129 e. The summed E-state index contributed by atoms with van der Waals surface area (Å²) in [6, 6.07) is 1.57. The third kappa shape index (κ3) is 3.91. The number of nitrogens with zero attached hydrogens (tertiary/aromatic N) is 1. The molecule has 0 unspecified atom stereocenters. The van der Waals surface area contributed by atoms with Gasteiger partial charge in [-0.25, -0.2) is 13.2 Å². The fourth-order valence-corrected chi connectivity index (χ4v) is 3.05. The van der Waals surface area contributed by atoms with Gasteiger partial charge in [-0.3, -0.25) is 4.90 Å². The molecule has 4 atom stereocenters. The summed E-state index contributed by atoms with van der Waals surface area (Å²) in [7, 11) is 0. The monoisotopic (exact) mass is 347 g/mol. The average molecular weight is 347 g/mol. The Labute approximate surface area is 139 Å². The van der Waals surface area contributed by atoms with E-state index < -0.39 is 42.7 Å². The van der Waals surface area contributed by atoms with Gasteiger partial charge >= 0.3 is 0 Å². The van der Waals surface area contributed by atoms with Crippen LogP contribution in [-0.4, -0.2) is 64.3 Å². The van der Waals surface area contributed by atoms with Crippen molar-refractivity contribution in [2.75, 3.05) is 19.8 Å². The highest BCUT2D eigenvalue weighted by molar-refractivity contribution is 5.28. The number of likely N-dealkylation sites (tertiary alicyclic amines) is 1. The number of benzene rings is 1. The standard InChI is InChI=1S/C17H24F3NO3/c1-9(2)10-5-12(19)11(13(20)6-10)3-4-21-8-15(22)17(24)16(23)14(21)7-18/h5-6,9,14-17,22-24H,3-4,7-8H2,1-2H3/t14-,15+,16-,17-/m1/s1. The number of aliphatic hydroxyl groups excluding tert-OH is 3. The van der Waals surface area contributed by atoms with E-state index in [1.807, 2.05) is 13.8 Å². The molecule has 0 bridgehead atoms. The maximum atomic E-state index is 14.1. The molecule has 1 aromatic rings. The van der Waals surface area contributed by atoms with Crippen molar-refractivity contribution in [1.82, 2.24) is 4.90 Å². The highest BCUT2D eigenvalue weighted by Gasteiger charge is 2.41. The molecular formula is C17H24F3NO3. The molecule has 0 amide bonds. The lowest BCUT2D eigenvalue weighted by Gasteiger charge is -2.42. The number of hydrogen-bond acceptors (Lipinski definition) is 4. The number of rotatable bonds is 5. The lowest BCUT2D eigenvalue weighted by atomic mass is 9.93. The summed E-state index contributed by atoms with van der Waals surface area (Å²) >= 11 is 0. The van der Waals surface area contributed by atoms with E-state index in [-0.39, 0.29) is 31.0 Å². The van der Waals surface area contributed by atoms with Gasteiger partial charge in [-0.1, -0.05) is 13.8 Å². The fourth-order valence-electron chi connectivity index (χ4n) is 3.05. The summed E-state index contributed by atoms with van der Waals surface area (Å²) in [4.78, 5) is 1.41. The first-order chi connectivity index (χ1) is 11.3. The first-order valence-corrected chi connectivity index (χ1v) is 8.08. The average Bonchev–Trinajstić information content (AvgIpc) is 2.51. The molecule has 0 aromatic heterocycles. The first-order valence-electron chi connectivity index (χ1n) is 8.08. The lowest BCUT2D eigenvalue weighted by molar-refractivity contribution is -0.140. The molecule has 7 heteroatoms. The predicted molar refractivity (Wildman–Crippen MR) is 83.5 cm³/mol. The molecule has 1 fully saturated rings. The van der Waals surface area contributed by atoms with Crippen molar-refractivity contribution in [3.8, 4) is 0 Å². The Morgan fingerprint density at radius 2 is 1.71 bits per heavy atom. The first kappa shape index (κ1) is 19.2. The minimum Gasteiger partial charge on any atom is -0.389 e. The van der Waals surface area contributed by atoms with Crippen LogP contribution < -0.4 is 0 Å². The number of aliphatic hydroxyl groups is 3. The maximum Gasteiger partial charge on any atom is 0.129 e. The summed E-state index contributed by atoms with van der Waals surface area (Å²) in [5.41, 5.74) is 0.453. The van der Waals surface area contributed by atoms with E-state index in [9.17, 15) is 28.5 Å². The van der Waals surface area contributed by atoms with Crippen molar-refractivity contribution in [3.05, 3.63) is 34.9 Å². The summed E-state index contributed by atoms with van der Waals surface area (Å²) in [5, 5.41) is 29.2. The number of halogens is 3. The molecule has 1 aliphatic heterocycles. The Morgan fingerprint density at radius 1 is 1.12 bits per heavy atom. The van der Waals surface area contributed by atoms with Gasteiger partial charge in [-0.15, -0.1) is 0 Å². The molecular weight excluding hydrogens is 323 g/mol. The molecule has 24 heavy (non-hydrogen) atoms. The van der Waals surface area contributed by atoms with Gasteiger partial charge in [0.15, 0.2) is 0 Å². The van der Waals surface area contributed by atoms with Gasteiger partial charge < -0.3 is 15.3 Å². The Morgan fingerprint density at radius 3 is 2.21 bits per heavy atom. The molecule has 0 radical (unpaired) electrons. The van der Waals surface area contributed by atoms with E-state index >= 15 is 0 Å². The Kier molecular flexibility index (Phi) is 6.25. The van der Waals surface area contributed by atoms with Crippen LogP contribution in [0.2, 0.25) is 0 Å². The van der Waals surface area contributed by atoms with Gasteiger partial charge in [-0.05, 0) is 30.0 Å². The minimum atomic E-state index is -1.45. The van der Waals surface area contributed by atoms with E-state index in [0.29, 0.717) is 5.56 Å². The van der Waals surface area contributed by atoms with Crippen LogP contribution in [0, 0.1) is 11.6 Å². The largest absolute Gasteiger partial charge is 0.389 e. The van der Waals surface area contributed by atoms with Gasteiger partial charge in [0.05, 0.1) is 12.1 Å². The van der Waals surface area contributed by atoms with Crippen molar-refractivity contribution < 1.29 is 28.5 Å². The molecule has 1 aliphatic rings. The van der Waals surface area contributed by atoms with Crippen LogP contribution in [-0.2, 0) is 6.42 Å². The zero-order valence-electron chi connectivity index (χ0n) is 13.8. The molecule has 0 aliphatic carbocycles. The Hall–Kier alpha value is -1.15. The molecule has 1 aromatic carbocycles. The van der Waals surface area contributed by atoms with E-state index in [2.05, 4.69) is 0 Å². The van der Waals surface area contributed by atoms with Crippen LogP contribution in [0.1, 0.15) is 30.9 Å². The summed E-state index contributed by atoms with van der Waals surface area (Å²) in [6.45, 7) is 2.73. The second-order valence-corrected chi connectivity index (χ2v) is 6.63. The normalized spacial score (nSPS) is 28.5. The predicted octanol–water partition coefficient (Wildman–Crippen LogP) is 1.37. The van der Waals surface area contributed by atoms with Crippen LogP contribution in [0.5, 0.6) is 0 Å². The fraction of sp³-hybridized carbons (Fsp3) is 0.647. The molecule has 0 spiro atoms. The summed E-state index contributed by atoms with van der Waals surface area (Å²) in [6.07, 6.45) is -4.14. The van der Waals surface area contributed by atoms with Crippen molar-refractivity contribution in [1.29, 1.82) is 0 Å². The molecule has 0 saturated carbocycles. The molecule has 3 N–H and O–H groups in total. The minimum absolute atomic E-state index is 0.00663. The van der Waals surface area contributed by atoms with Crippen LogP contribution in [0.4, 0.5) is 13.2 Å². The SMILES string of the molecule is CC(C)c1cc(F)c(CCN2C[C@H](O)[C@@H](O)[C@H](O)[C@H]2CF)c(F)c1. The number of hydrogen-bond donors (Lipinski definition) is 3. The van der Waals surface area contributed by atoms with Crippen LogP contribution in [0.3, 0.4) is 0 Å². The van der Waals surface area contributed by atoms with E-state index in [0.717, 1.165) is 0 Å². The van der Waals surface area contributed by atoms with Crippen molar-refractivity contribution in [2.24, 2.45) is 0 Å². The van der Waals surface area contributed by atoms with Crippen molar-refractivity contribution >= 4 is 0 Å². The molecule has 4 nitrogen and oxygen atoms in total. The zero-order valence-corrected chi connectivity index (χ0v) is 13.8. The highest BCUT2D eigenvalue weighted by Crippen LogP contribution is 2.24. The molecule has 136 valence electrons. The third-order valence-corrected chi connectivity index (χ3v) is 4.67. The van der Waals surface area contributed by atoms with E-state index in [1.54, 1.807) is 0 Å². The number of β-amino-alcohol motifs (C(OH)–C–C–N with tert-alkyl or cyclic N) is 1. The lowest BCUT2D eigenvalue weighted by Crippen LogP contribution is -2.62. The number of piperidine rings is 1. The highest BCUT2D eigenvalue weighted by atomic mass is 19.1. The maximum absolute atomic E-state index is 14.1. The Bertz CT molecular complexity index is 547. The third-order valence-electron chi connectivity index (χ3n) is 4.67. The topological polar surface area (TPSA) is 63.9 Å². The molecule has 2 rings (SSSR count). The number of alkyl halides is 1. The zero-order chi connectivity index (χ0) is 18.0. The molecule has 1 heterocycles. The quantitative estimate of drug-likeness (QED) is 0.753. The van der Waals surface area contributed by atoms with E-state index in [4.69, 9.17) is 0 Å². The van der Waals surface area contributed by atoms with Gasteiger partial charge in [0.25, 0.3) is 0 Å². The van der Waals surface area contributed by atoms with Gasteiger partial charge in [0.1, 0.15) is 30.5 Å². The molecule has 1 saturated heterocycles. The van der Waals surface area contributed by atoms with Crippen LogP contribution in [0.25, 0.3) is 0 Å². The van der Waals surface area contributed by atoms with Gasteiger partial charge in [0.2, 0.25) is 0 Å². The van der Waals surface area contributed by atoms with Gasteiger partial charge in [-0.2, -0.15) is 0 Å². The van der Waals surface area contributed by atoms with E-state index in [1.165, 1.54) is 17.0 Å². The second-order valence-electron chi connectivity index (χ2n) is 6.63. The van der Waals surface area contributed by atoms with Crippen LogP contribution >= 0.6 is 0 Å². The second kappa shape index (κ2) is 7.82. The summed E-state index contributed by atoms with van der Waals surface area (Å²) < 4.78 is 41.5.